The van der Waals surface area contributed by atoms with Crippen molar-refractivity contribution in [1.82, 2.24) is 0 Å². The van der Waals surface area contributed by atoms with Crippen molar-refractivity contribution in [1.29, 1.82) is 0 Å². The third kappa shape index (κ3) is 2.56. The maximum Gasteiger partial charge on any atom is 0.0504 e. The topological polar surface area (TPSA) is 20.2 Å². The van der Waals surface area contributed by atoms with Crippen LogP contribution in [-0.2, 0) is 0 Å². The lowest BCUT2D eigenvalue weighted by Gasteiger charge is -2.29. The molecule has 1 nitrogen and oxygen atoms in total. The largest absolute Gasteiger partial charge is 0.396 e. The van der Waals surface area contributed by atoms with Crippen molar-refractivity contribution in [2.75, 3.05) is 6.61 Å². The van der Waals surface area contributed by atoms with Crippen LogP contribution >= 0.6 is 0 Å². The van der Waals surface area contributed by atoms with Gasteiger partial charge in [-0.1, -0.05) is 51.1 Å². The van der Waals surface area contributed by atoms with E-state index in [1.165, 1.54) is 5.56 Å². The van der Waals surface area contributed by atoms with E-state index in [4.69, 9.17) is 0 Å². The predicted molar refractivity (Wildman–Crippen MR) is 55.7 cm³/mol. The minimum atomic E-state index is 0.121. The predicted octanol–water partition coefficient (Wildman–Crippen LogP) is 2.81. The number of hydrogen-bond donors (Lipinski definition) is 1. The average molecular weight is 178 g/mol. The van der Waals surface area contributed by atoms with E-state index in [2.05, 4.69) is 32.9 Å². The van der Waals surface area contributed by atoms with Gasteiger partial charge in [0.2, 0.25) is 0 Å². The molecule has 0 aromatic heterocycles. The van der Waals surface area contributed by atoms with Crippen molar-refractivity contribution in [3.8, 4) is 0 Å². The Kier molecular flexibility index (Phi) is 3.10. The van der Waals surface area contributed by atoms with Crippen molar-refractivity contribution in [2.45, 2.75) is 26.7 Å². The molecule has 0 aliphatic carbocycles. The van der Waals surface area contributed by atoms with Gasteiger partial charge in [0.25, 0.3) is 0 Å². The van der Waals surface area contributed by atoms with Gasteiger partial charge in [-0.25, -0.2) is 0 Å². The van der Waals surface area contributed by atoms with E-state index >= 15 is 0 Å². The molecule has 13 heavy (non-hydrogen) atoms. The van der Waals surface area contributed by atoms with Gasteiger partial charge in [-0.15, -0.1) is 0 Å². The molecule has 1 aromatic carbocycles. The first-order valence-corrected chi connectivity index (χ1v) is 4.71. The quantitative estimate of drug-likeness (QED) is 0.738. The first-order valence-electron chi connectivity index (χ1n) is 4.71. The fourth-order valence-electron chi connectivity index (χ4n) is 1.56. The Morgan fingerprint density at radius 2 is 1.69 bits per heavy atom. The lowest BCUT2D eigenvalue weighted by molar-refractivity contribution is 0.187. The highest BCUT2D eigenvalue weighted by Crippen LogP contribution is 2.34. The van der Waals surface area contributed by atoms with Crippen LogP contribution in [0.5, 0.6) is 0 Å². The molecule has 0 aliphatic heterocycles. The summed E-state index contributed by atoms with van der Waals surface area (Å²) in [5.41, 5.74) is 1.34. The first-order chi connectivity index (χ1) is 6.05. The monoisotopic (exact) mass is 178 g/mol. The van der Waals surface area contributed by atoms with Crippen LogP contribution in [0.4, 0.5) is 0 Å². The summed E-state index contributed by atoms with van der Waals surface area (Å²) >= 11 is 0. The van der Waals surface area contributed by atoms with Gasteiger partial charge in [0, 0.05) is 5.92 Å². The van der Waals surface area contributed by atoms with Gasteiger partial charge in [-0.2, -0.15) is 0 Å². The molecule has 0 aliphatic rings. The van der Waals surface area contributed by atoms with Crippen LogP contribution < -0.4 is 0 Å². The van der Waals surface area contributed by atoms with Crippen LogP contribution in [-0.4, -0.2) is 11.7 Å². The molecule has 0 saturated heterocycles. The molecule has 72 valence electrons. The smallest absolute Gasteiger partial charge is 0.0504 e. The molecule has 1 rings (SSSR count). The molecule has 0 heterocycles. The lowest BCUT2D eigenvalue weighted by atomic mass is 9.77. The molecule has 1 N–H and O–H groups in total. The second-order valence-electron chi connectivity index (χ2n) is 4.51. The van der Waals surface area contributed by atoms with Crippen LogP contribution in [0.3, 0.4) is 0 Å². The van der Waals surface area contributed by atoms with Crippen molar-refractivity contribution >= 4 is 0 Å². The number of hydrogen-bond acceptors (Lipinski definition) is 1. The van der Waals surface area contributed by atoms with Gasteiger partial charge in [0.1, 0.15) is 0 Å². The summed E-state index contributed by atoms with van der Waals surface area (Å²) in [4.78, 5) is 0. The molecule has 1 heteroatoms. The normalized spacial score (nSPS) is 14.2. The van der Waals surface area contributed by atoms with Gasteiger partial charge in [0.05, 0.1) is 6.61 Å². The zero-order valence-electron chi connectivity index (χ0n) is 8.62. The molecular formula is C12H18O. The molecule has 1 atom stereocenters. The maximum absolute atomic E-state index is 9.32. The van der Waals surface area contributed by atoms with E-state index in [1.54, 1.807) is 0 Å². The van der Waals surface area contributed by atoms with Crippen LogP contribution in [0.15, 0.2) is 30.3 Å². The first kappa shape index (κ1) is 10.3. The molecule has 0 bridgehead atoms. The highest BCUT2D eigenvalue weighted by molar-refractivity contribution is 5.21. The summed E-state index contributed by atoms with van der Waals surface area (Å²) < 4.78 is 0. The van der Waals surface area contributed by atoms with Crippen molar-refractivity contribution in [3.63, 3.8) is 0 Å². The minimum absolute atomic E-state index is 0.121. The van der Waals surface area contributed by atoms with Gasteiger partial charge >= 0.3 is 0 Å². The van der Waals surface area contributed by atoms with Crippen LogP contribution in [0.25, 0.3) is 0 Å². The summed E-state index contributed by atoms with van der Waals surface area (Å²) in [5.74, 6) is 0.230. The van der Waals surface area contributed by atoms with E-state index in [9.17, 15) is 5.11 Å². The van der Waals surface area contributed by atoms with E-state index < -0.39 is 0 Å². The third-order valence-corrected chi connectivity index (χ3v) is 2.43. The average Bonchev–Trinajstić information content (AvgIpc) is 2.05. The molecule has 1 aromatic rings. The van der Waals surface area contributed by atoms with Crippen LogP contribution in [0.1, 0.15) is 32.3 Å². The molecular weight excluding hydrogens is 160 g/mol. The Labute approximate surface area is 80.4 Å². The SMILES string of the molecule is CC(C)(C)C(CO)c1ccccc1. The third-order valence-electron chi connectivity index (χ3n) is 2.43. The fraction of sp³-hybridized carbons (Fsp3) is 0.500. The molecule has 0 radical (unpaired) electrons. The molecule has 0 saturated carbocycles. The number of aliphatic hydroxyl groups excluding tert-OH is 1. The standard InChI is InChI=1S/C12H18O/c1-12(2,3)11(9-13)10-7-5-4-6-8-10/h4-8,11,13H,9H2,1-3H3. The Balaban J connectivity index is 2.92. The van der Waals surface area contributed by atoms with Crippen molar-refractivity contribution < 1.29 is 5.11 Å². The highest BCUT2D eigenvalue weighted by atomic mass is 16.3. The molecule has 1 unspecified atom stereocenters. The molecule has 0 spiro atoms. The van der Waals surface area contributed by atoms with Crippen molar-refractivity contribution in [3.05, 3.63) is 35.9 Å². The van der Waals surface area contributed by atoms with Crippen LogP contribution in [0.2, 0.25) is 0 Å². The Bertz CT molecular complexity index is 246. The maximum atomic E-state index is 9.32. The summed E-state index contributed by atoms with van der Waals surface area (Å²) in [7, 11) is 0. The summed E-state index contributed by atoms with van der Waals surface area (Å²) in [5, 5.41) is 9.32. The number of aliphatic hydroxyl groups is 1. The minimum Gasteiger partial charge on any atom is -0.396 e. The Morgan fingerprint density at radius 3 is 2.08 bits per heavy atom. The Morgan fingerprint density at radius 1 is 1.15 bits per heavy atom. The van der Waals surface area contributed by atoms with Gasteiger partial charge in [-0.05, 0) is 11.0 Å². The second kappa shape index (κ2) is 3.93. The summed E-state index contributed by atoms with van der Waals surface area (Å²) in [6.45, 7) is 6.68. The second-order valence-corrected chi connectivity index (χ2v) is 4.51. The van der Waals surface area contributed by atoms with Gasteiger partial charge < -0.3 is 5.11 Å². The molecule has 0 fully saturated rings. The van der Waals surface area contributed by atoms with Crippen molar-refractivity contribution in [2.24, 2.45) is 5.41 Å². The number of benzene rings is 1. The zero-order chi connectivity index (χ0) is 9.90. The summed E-state index contributed by atoms with van der Waals surface area (Å²) in [6.07, 6.45) is 0. The Hall–Kier alpha value is -0.820. The van der Waals surface area contributed by atoms with E-state index in [-0.39, 0.29) is 17.9 Å². The fourth-order valence-corrected chi connectivity index (χ4v) is 1.56. The number of rotatable bonds is 2. The summed E-state index contributed by atoms with van der Waals surface area (Å²) in [6, 6.07) is 10.2. The van der Waals surface area contributed by atoms with Crippen LogP contribution in [0, 0.1) is 5.41 Å². The van der Waals surface area contributed by atoms with E-state index in [1.807, 2.05) is 18.2 Å². The van der Waals surface area contributed by atoms with Gasteiger partial charge in [-0.3, -0.25) is 0 Å². The highest BCUT2D eigenvalue weighted by Gasteiger charge is 2.24. The molecule has 0 amide bonds. The van der Waals surface area contributed by atoms with E-state index in [0.717, 1.165) is 0 Å². The van der Waals surface area contributed by atoms with E-state index in [0.29, 0.717) is 0 Å². The lowest BCUT2D eigenvalue weighted by Crippen LogP contribution is -2.21. The van der Waals surface area contributed by atoms with Gasteiger partial charge in [0.15, 0.2) is 0 Å². The zero-order valence-corrected chi connectivity index (χ0v) is 8.62.